The number of aliphatic hydroxyl groups is 1. The maximum absolute atomic E-state index is 12.2. The Labute approximate surface area is 131 Å². The molecule has 0 aromatic carbocycles. The van der Waals surface area contributed by atoms with E-state index in [-0.39, 0.29) is 24.2 Å². The zero-order valence-electron chi connectivity index (χ0n) is 12.8. The van der Waals surface area contributed by atoms with E-state index in [2.05, 4.69) is 30.5 Å². The summed E-state index contributed by atoms with van der Waals surface area (Å²) < 4.78 is 0. The molecule has 1 aromatic rings. The first kappa shape index (κ1) is 16.3. The number of aliphatic hydroxyl groups excluding tert-OH is 1. The van der Waals surface area contributed by atoms with Gasteiger partial charge in [-0.25, -0.2) is 4.79 Å². The number of hydrogen-bond donors (Lipinski definition) is 3. The van der Waals surface area contributed by atoms with Gasteiger partial charge in [-0.3, -0.25) is 0 Å². The zero-order valence-corrected chi connectivity index (χ0v) is 13.7. The quantitative estimate of drug-likeness (QED) is 0.780. The molecule has 5 heteroatoms. The second kappa shape index (κ2) is 7.80. The third-order valence-corrected chi connectivity index (χ3v) is 4.92. The lowest BCUT2D eigenvalue weighted by atomic mass is 9.93. The molecule has 0 saturated heterocycles. The number of rotatable bonds is 5. The van der Waals surface area contributed by atoms with E-state index in [9.17, 15) is 9.90 Å². The third-order valence-electron chi connectivity index (χ3n) is 3.93. The van der Waals surface area contributed by atoms with Gasteiger partial charge in [0.25, 0.3) is 0 Å². The highest BCUT2D eigenvalue weighted by atomic mass is 32.1. The van der Waals surface area contributed by atoms with E-state index in [1.54, 1.807) is 11.3 Å². The monoisotopic (exact) mass is 310 g/mol. The van der Waals surface area contributed by atoms with Crippen LogP contribution in [0, 0.1) is 5.92 Å². The normalized spacial score (nSPS) is 23.8. The molecule has 1 unspecified atom stereocenters. The van der Waals surface area contributed by atoms with Crippen molar-refractivity contribution >= 4 is 17.4 Å². The lowest BCUT2D eigenvalue weighted by Gasteiger charge is -2.27. The second-order valence-electron chi connectivity index (χ2n) is 6.32. The molecule has 21 heavy (non-hydrogen) atoms. The minimum Gasteiger partial charge on any atom is -0.393 e. The van der Waals surface area contributed by atoms with E-state index < -0.39 is 0 Å². The van der Waals surface area contributed by atoms with Crippen molar-refractivity contribution in [2.45, 2.75) is 64.1 Å². The topological polar surface area (TPSA) is 61.4 Å². The van der Waals surface area contributed by atoms with Gasteiger partial charge in [-0.1, -0.05) is 19.9 Å². The van der Waals surface area contributed by atoms with Gasteiger partial charge in [0.1, 0.15) is 0 Å². The predicted octanol–water partition coefficient (Wildman–Crippen LogP) is 3.44. The van der Waals surface area contributed by atoms with Crippen LogP contribution in [-0.2, 0) is 0 Å². The average molecular weight is 310 g/mol. The molecule has 2 rings (SSSR count). The van der Waals surface area contributed by atoms with Crippen molar-refractivity contribution in [1.29, 1.82) is 0 Å². The van der Waals surface area contributed by atoms with Crippen molar-refractivity contribution in [3.05, 3.63) is 22.4 Å². The Hall–Kier alpha value is -1.07. The Kier molecular flexibility index (Phi) is 6.06. The fourth-order valence-electron chi connectivity index (χ4n) is 2.81. The Morgan fingerprint density at radius 3 is 2.67 bits per heavy atom. The van der Waals surface area contributed by atoms with Gasteiger partial charge in [-0.15, -0.1) is 11.3 Å². The summed E-state index contributed by atoms with van der Waals surface area (Å²) in [6.07, 6.45) is 4.05. The van der Waals surface area contributed by atoms with Crippen molar-refractivity contribution in [2.24, 2.45) is 5.92 Å². The van der Waals surface area contributed by atoms with Gasteiger partial charge < -0.3 is 15.7 Å². The smallest absolute Gasteiger partial charge is 0.315 e. The van der Waals surface area contributed by atoms with Crippen LogP contribution in [-0.4, -0.2) is 23.3 Å². The molecule has 1 heterocycles. The Morgan fingerprint density at radius 1 is 1.38 bits per heavy atom. The van der Waals surface area contributed by atoms with Gasteiger partial charge in [0.2, 0.25) is 0 Å². The standard InChI is InChI=1S/C16H26N2O2S/c1-11(2)10-14(15-4-3-9-21-15)18-16(20)17-12-5-7-13(19)8-6-12/h3-4,9,11-14,19H,5-8,10H2,1-2H3,(H2,17,18,20). The third kappa shape index (κ3) is 5.32. The molecule has 0 radical (unpaired) electrons. The van der Waals surface area contributed by atoms with Crippen molar-refractivity contribution < 1.29 is 9.90 Å². The molecule has 1 aliphatic carbocycles. The van der Waals surface area contributed by atoms with E-state index in [1.165, 1.54) is 4.88 Å². The summed E-state index contributed by atoms with van der Waals surface area (Å²) in [5.74, 6) is 0.530. The highest BCUT2D eigenvalue weighted by Crippen LogP contribution is 2.25. The largest absolute Gasteiger partial charge is 0.393 e. The Bertz CT molecular complexity index is 425. The maximum atomic E-state index is 12.2. The first-order chi connectivity index (χ1) is 10.0. The van der Waals surface area contributed by atoms with Crippen LogP contribution in [0.3, 0.4) is 0 Å². The number of nitrogens with one attached hydrogen (secondary N) is 2. The predicted molar refractivity (Wildman–Crippen MR) is 86.4 cm³/mol. The maximum Gasteiger partial charge on any atom is 0.315 e. The van der Waals surface area contributed by atoms with Crippen LogP contribution in [0.1, 0.15) is 56.9 Å². The minimum absolute atomic E-state index is 0.0826. The van der Waals surface area contributed by atoms with E-state index in [4.69, 9.17) is 0 Å². The van der Waals surface area contributed by atoms with E-state index in [1.807, 2.05) is 11.4 Å². The van der Waals surface area contributed by atoms with Gasteiger partial charge in [0, 0.05) is 10.9 Å². The van der Waals surface area contributed by atoms with Gasteiger partial charge in [-0.05, 0) is 49.5 Å². The Balaban J connectivity index is 1.86. The van der Waals surface area contributed by atoms with E-state index in [0.29, 0.717) is 5.92 Å². The molecule has 2 amide bonds. The van der Waals surface area contributed by atoms with Crippen LogP contribution in [0.25, 0.3) is 0 Å². The molecule has 118 valence electrons. The fraction of sp³-hybridized carbons (Fsp3) is 0.688. The molecule has 3 N–H and O–H groups in total. The average Bonchev–Trinajstić information content (AvgIpc) is 2.94. The van der Waals surface area contributed by atoms with E-state index >= 15 is 0 Å². The molecule has 4 nitrogen and oxygen atoms in total. The Morgan fingerprint density at radius 2 is 2.10 bits per heavy atom. The molecule has 0 aliphatic heterocycles. The summed E-state index contributed by atoms with van der Waals surface area (Å²) in [7, 11) is 0. The highest BCUT2D eigenvalue weighted by molar-refractivity contribution is 7.10. The van der Waals surface area contributed by atoms with Crippen molar-refractivity contribution in [1.82, 2.24) is 10.6 Å². The second-order valence-corrected chi connectivity index (χ2v) is 7.30. The number of thiophene rings is 1. The van der Waals surface area contributed by atoms with Crippen molar-refractivity contribution in [3.8, 4) is 0 Å². The molecule has 1 aliphatic rings. The summed E-state index contributed by atoms with van der Waals surface area (Å²) in [4.78, 5) is 13.4. The van der Waals surface area contributed by atoms with Gasteiger partial charge in [0.05, 0.1) is 12.1 Å². The summed E-state index contributed by atoms with van der Waals surface area (Å²) in [5, 5.41) is 17.7. The lowest BCUT2D eigenvalue weighted by molar-refractivity contribution is 0.117. The van der Waals surface area contributed by atoms with Crippen LogP contribution in [0.5, 0.6) is 0 Å². The van der Waals surface area contributed by atoms with Crippen molar-refractivity contribution in [3.63, 3.8) is 0 Å². The van der Waals surface area contributed by atoms with E-state index in [0.717, 1.165) is 32.1 Å². The summed E-state index contributed by atoms with van der Waals surface area (Å²) in [6, 6.07) is 4.29. The number of carbonyl (C=O) groups is 1. The highest BCUT2D eigenvalue weighted by Gasteiger charge is 2.22. The minimum atomic E-state index is -0.189. The zero-order chi connectivity index (χ0) is 15.2. The van der Waals surface area contributed by atoms with Gasteiger partial charge >= 0.3 is 6.03 Å². The molecule has 0 spiro atoms. The number of urea groups is 1. The molecule has 0 bridgehead atoms. The van der Waals surface area contributed by atoms with Crippen LogP contribution in [0.15, 0.2) is 17.5 Å². The van der Waals surface area contributed by atoms with Gasteiger partial charge in [0.15, 0.2) is 0 Å². The summed E-state index contributed by atoms with van der Waals surface area (Å²) in [6.45, 7) is 4.34. The molecule has 1 fully saturated rings. The summed E-state index contributed by atoms with van der Waals surface area (Å²) in [5.41, 5.74) is 0. The van der Waals surface area contributed by atoms with Crippen LogP contribution in [0.4, 0.5) is 4.79 Å². The number of hydrogen-bond acceptors (Lipinski definition) is 3. The number of amides is 2. The summed E-state index contributed by atoms with van der Waals surface area (Å²) >= 11 is 1.69. The lowest BCUT2D eigenvalue weighted by Crippen LogP contribution is -2.45. The first-order valence-corrected chi connectivity index (χ1v) is 8.71. The van der Waals surface area contributed by atoms with Crippen LogP contribution in [0.2, 0.25) is 0 Å². The van der Waals surface area contributed by atoms with Crippen molar-refractivity contribution in [2.75, 3.05) is 0 Å². The first-order valence-electron chi connectivity index (χ1n) is 7.83. The SMILES string of the molecule is CC(C)CC(NC(=O)NC1CCC(O)CC1)c1cccs1. The van der Waals surface area contributed by atoms with Crippen LogP contribution < -0.4 is 10.6 Å². The molecule has 1 saturated carbocycles. The molecule has 1 atom stereocenters. The molecular formula is C16H26N2O2S. The fourth-order valence-corrected chi connectivity index (χ4v) is 3.60. The van der Waals surface area contributed by atoms with Crippen LogP contribution >= 0.6 is 11.3 Å². The molecular weight excluding hydrogens is 284 g/mol. The number of carbonyl (C=O) groups excluding carboxylic acids is 1. The molecule has 1 aromatic heterocycles. The van der Waals surface area contributed by atoms with Gasteiger partial charge in [-0.2, -0.15) is 0 Å².